The molecule has 0 fully saturated rings. The molecule has 0 bridgehead atoms. The highest BCUT2D eigenvalue weighted by Crippen LogP contribution is 2.41. The van der Waals surface area contributed by atoms with Crippen LogP contribution in [-0.4, -0.2) is 23.6 Å². The van der Waals surface area contributed by atoms with Crippen molar-refractivity contribution in [2.75, 3.05) is 13.7 Å². The van der Waals surface area contributed by atoms with E-state index in [-0.39, 0.29) is 5.69 Å². The number of ether oxygens (including phenoxy) is 2. The van der Waals surface area contributed by atoms with E-state index in [1.54, 1.807) is 6.20 Å². The summed E-state index contributed by atoms with van der Waals surface area (Å²) < 4.78 is 11.4. The topological polar surface area (TPSA) is 74.5 Å². The first-order valence-corrected chi connectivity index (χ1v) is 9.89. The Morgan fingerprint density at radius 1 is 1.07 bits per heavy atom. The summed E-state index contributed by atoms with van der Waals surface area (Å²) in [6, 6.07) is 13.7. The molecule has 0 unspecified atom stereocenters. The third-order valence-corrected chi connectivity index (χ3v) is 4.99. The van der Waals surface area contributed by atoms with E-state index < -0.39 is 4.92 Å². The van der Waals surface area contributed by atoms with Crippen molar-refractivity contribution in [2.45, 2.75) is 39.0 Å². The quantitative estimate of drug-likeness (QED) is 0.253. The number of non-ortho nitro benzene ring substituents is 1. The Labute approximate surface area is 170 Å². The van der Waals surface area contributed by atoms with Crippen molar-refractivity contribution in [1.29, 1.82) is 0 Å². The fourth-order valence-electron chi connectivity index (χ4n) is 3.46. The zero-order valence-corrected chi connectivity index (χ0v) is 16.9. The Hall–Kier alpha value is -3.15. The number of nitrogens with zero attached hydrogens (tertiary/aromatic N) is 2. The SMILES string of the molecule is COc1cc([N+](=O)[O-])c2nccc(C)c2c1OCCCCCCc1ccccc1. The lowest BCUT2D eigenvalue weighted by Crippen LogP contribution is -2.03. The van der Waals surface area contributed by atoms with Gasteiger partial charge in [0.25, 0.3) is 5.69 Å². The van der Waals surface area contributed by atoms with Gasteiger partial charge in [-0.3, -0.25) is 10.1 Å². The largest absolute Gasteiger partial charge is 0.493 e. The van der Waals surface area contributed by atoms with E-state index in [1.807, 2.05) is 19.1 Å². The van der Waals surface area contributed by atoms with Gasteiger partial charge in [0.15, 0.2) is 17.0 Å². The lowest BCUT2D eigenvalue weighted by molar-refractivity contribution is -0.383. The van der Waals surface area contributed by atoms with Crippen molar-refractivity contribution in [1.82, 2.24) is 4.98 Å². The molecule has 29 heavy (non-hydrogen) atoms. The van der Waals surface area contributed by atoms with Crippen LogP contribution in [0.5, 0.6) is 11.5 Å². The number of aryl methyl sites for hydroxylation is 2. The average Bonchev–Trinajstić information content (AvgIpc) is 2.73. The van der Waals surface area contributed by atoms with Crippen LogP contribution < -0.4 is 9.47 Å². The van der Waals surface area contributed by atoms with E-state index in [9.17, 15) is 10.1 Å². The fraction of sp³-hybridized carbons (Fsp3) is 0.348. The van der Waals surface area contributed by atoms with E-state index in [1.165, 1.54) is 18.7 Å². The molecule has 0 spiro atoms. The van der Waals surface area contributed by atoms with Crippen LogP contribution in [0.25, 0.3) is 10.9 Å². The lowest BCUT2D eigenvalue weighted by atomic mass is 10.1. The van der Waals surface area contributed by atoms with Crippen molar-refractivity contribution in [3.63, 3.8) is 0 Å². The maximum absolute atomic E-state index is 11.4. The van der Waals surface area contributed by atoms with E-state index in [0.29, 0.717) is 29.0 Å². The molecule has 0 saturated heterocycles. The number of nitro benzene ring substituents is 1. The van der Waals surface area contributed by atoms with Crippen LogP contribution >= 0.6 is 0 Å². The second-order valence-electron chi connectivity index (χ2n) is 7.03. The summed E-state index contributed by atoms with van der Waals surface area (Å²) in [5.41, 5.74) is 2.49. The summed E-state index contributed by atoms with van der Waals surface area (Å²) in [6.07, 6.45) is 6.93. The number of hydrogen-bond donors (Lipinski definition) is 0. The Balaban J connectivity index is 1.62. The summed E-state index contributed by atoms with van der Waals surface area (Å²) in [4.78, 5) is 15.2. The number of benzene rings is 2. The molecule has 152 valence electrons. The monoisotopic (exact) mass is 394 g/mol. The molecule has 0 aliphatic rings. The third kappa shape index (κ3) is 5.02. The molecule has 1 aromatic heterocycles. The number of unbranched alkanes of at least 4 members (excludes halogenated alkanes) is 3. The lowest BCUT2D eigenvalue weighted by Gasteiger charge is -2.15. The summed E-state index contributed by atoms with van der Waals surface area (Å²) in [5, 5.41) is 12.1. The number of hydrogen-bond acceptors (Lipinski definition) is 5. The second-order valence-corrected chi connectivity index (χ2v) is 7.03. The van der Waals surface area contributed by atoms with Crippen LogP contribution in [0.2, 0.25) is 0 Å². The number of methoxy groups -OCH3 is 1. The maximum Gasteiger partial charge on any atom is 0.299 e. The van der Waals surface area contributed by atoms with Crippen molar-refractivity contribution in [3.05, 3.63) is 69.9 Å². The van der Waals surface area contributed by atoms with Gasteiger partial charge in [0, 0.05) is 6.20 Å². The molecule has 1 heterocycles. The predicted octanol–water partition coefficient (Wildman–Crippen LogP) is 5.64. The molecule has 0 radical (unpaired) electrons. The van der Waals surface area contributed by atoms with Crippen molar-refractivity contribution >= 4 is 16.6 Å². The highest BCUT2D eigenvalue weighted by molar-refractivity contribution is 5.96. The Kier molecular flexibility index (Phi) is 7.00. The minimum atomic E-state index is -0.437. The first kappa shape index (κ1) is 20.6. The maximum atomic E-state index is 11.4. The number of pyridine rings is 1. The van der Waals surface area contributed by atoms with Gasteiger partial charge in [-0.15, -0.1) is 0 Å². The van der Waals surface area contributed by atoms with Crippen molar-refractivity contribution in [2.24, 2.45) is 0 Å². The standard InChI is InChI=1S/C23H26N2O4/c1-17-13-14-24-22-19(25(26)27)16-20(28-2)23(21(17)22)29-15-9-4-3-6-10-18-11-7-5-8-12-18/h5,7-8,11-14,16H,3-4,6,9-10,15H2,1-2H3. The van der Waals surface area contributed by atoms with Gasteiger partial charge >= 0.3 is 0 Å². The number of nitro groups is 1. The van der Waals surface area contributed by atoms with E-state index in [4.69, 9.17) is 9.47 Å². The molecule has 0 atom stereocenters. The summed E-state index contributed by atoms with van der Waals surface area (Å²) in [7, 11) is 1.49. The van der Waals surface area contributed by atoms with Crippen LogP contribution in [0.1, 0.15) is 36.8 Å². The van der Waals surface area contributed by atoms with E-state index >= 15 is 0 Å². The number of fused-ring (bicyclic) bond motifs is 1. The van der Waals surface area contributed by atoms with Crippen molar-refractivity contribution < 1.29 is 14.4 Å². The van der Waals surface area contributed by atoms with Crippen LogP contribution in [-0.2, 0) is 6.42 Å². The molecule has 0 amide bonds. The van der Waals surface area contributed by atoms with Crippen molar-refractivity contribution in [3.8, 4) is 11.5 Å². The molecule has 0 aliphatic carbocycles. The first-order valence-electron chi connectivity index (χ1n) is 9.89. The Bertz CT molecular complexity index is 974. The number of rotatable bonds is 10. The van der Waals surface area contributed by atoms with Gasteiger partial charge in [0.1, 0.15) is 0 Å². The van der Waals surface area contributed by atoms with Crippen LogP contribution in [0.15, 0.2) is 48.7 Å². The van der Waals surface area contributed by atoms with Crippen LogP contribution in [0.3, 0.4) is 0 Å². The molecular weight excluding hydrogens is 368 g/mol. The van der Waals surface area contributed by atoms with Gasteiger partial charge in [0.05, 0.1) is 30.1 Å². The zero-order valence-electron chi connectivity index (χ0n) is 16.9. The first-order chi connectivity index (χ1) is 14.1. The van der Waals surface area contributed by atoms with Gasteiger partial charge in [-0.1, -0.05) is 43.2 Å². The minimum Gasteiger partial charge on any atom is -0.493 e. The predicted molar refractivity (Wildman–Crippen MR) is 114 cm³/mol. The van der Waals surface area contributed by atoms with Gasteiger partial charge in [-0.25, -0.2) is 4.98 Å². The summed E-state index contributed by atoms with van der Waals surface area (Å²) >= 11 is 0. The molecule has 6 heteroatoms. The normalized spacial score (nSPS) is 10.8. The van der Waals surface area contributed by atoms with E-state index in [2.05, 4.69) is 29.2 Å². The molecular formula is C23H26N2O4. The summed E-state index contributed by atoms with van der Waals surface area (Å²) in [6.45, 7) is 2.42. The molecule has 3 rings (SSSR count). The van der Waals surface area contributed by atoms with Crippen LogP contribution in [0, 0.1) is 17.0 Å². The third-order valence-electron chi connectivity index (χ3n) is 4.99. The smallest absolute Gasteiger partial charge is 0.299 e. The number of aromatic nitrogens is 1. The highest BCUT2D eigenvalue weighted by Gasteiger charge is 2.23. The second kappa shape index (κ2) is 9.87. The summed E-state index contributed by atoms with van der Waals surface area (Å²) in [5.74, 6) is 0.896. The molecule has 2 aromatic carbocycles. The van der Waals surface area contributed by atoms with Gasteiger partial charge in [-0.2, -0.15) is 0 Å². The molecule has 3 aromatic rings. The van der Waals surface area contributed by atoms with E-state index in [0.717, 1.165) is 37.7 Å². The molecule has 0 aliphatic heterocycles. The van der Waals surface area contributed by atoms with Gasteiger partial charge < -0.3 is 9.47 Å². The van der Waals surface area contributed by atoms with Gasteiger partial charge in [0.2, 0.25) is 0 Å². The minimum absolute atomic E-state index is 0.0752. The zero-order chi connectivity index (χ0) is 20.6. The Morgan fingerprint density at radius 3 is 2.55 bits per heavy atom. The Morgan fingerprint density at radius 2 is 1.83 bits per heavy atom. The molecule has 0 N–H and O–H groups in total. The molecule has 0 saturated carbocycles. The van der Waals surface area contributed by atoms with Crippen LogP contribution in [0.4, 0.5) is 5.69 Å². The average molecular weight is 394 g/mol. The van der Waals surface area contributed by atoms with Gasteiger partial charge in [-0.05, 0) is 43.4 Å². The highest BCUT2D eigenvalue weighted by atomic mass is 16.6. The fourth-order valence-corrected chi connectivity index (χ4v) is 3.46. The molecule has 6 nitrogen and oxygen atoms in total.